The summed E-state index contributed by atoms with van der Waals surface area (Å²) in [4.78, 5) is 0.291. The summed E-state index contributed by atoms with van der Waals surface area (Å²) in [5.74, 6) is 1.14. The fourth-order valence-electron chi connectivity index (χ4n) is 3.03. The number of thiol groups is 1. The molecule has 0 radical (unpaired) electrons. The number of rotatable bonds is 11. The molecule has 1 unspecified atom stereocenters. The predicted molar refractivity (Wildman–Crippen MR) is 114 cm³/mol. The normalized spacial score (nSPS) is 12.9. The number of methoxy groups -OCH3 is 1. The molecule has 2 aromatic rings. The van der Waals surface area contributed by atoms with Crippen LogP contribution in [0.25, 0.3) is 0 Å². The van der Waals surface area contributed by atoms with Gasteiger partial charge in [-0.1, -0.05) is 50.1 Å². The third-order valence-electron chi connectivity index (χ3n) is 4.64. The number of benzene rings is 2. The van der Waals surface area contributed by atoms with Crippen LogP contribution in [0.4, 0.5) is 0 Å². The van der Waals surface area contributed by atoms with Crippen molar-refractivity contribution in [1.82, 2.24) is 4.31 Å². The fraction of sp³-hybridized carbons (Fsp3) is 0.429. The summed E-state index contributed by atoms with van der Waals surface area (Å²) in [6.45, 7) is 2.55. The van der Waals surface area contributed by atoms with Gasteiger partial charge in [-0.05, 0) is 42.7 Å². The summed E-state index contributed by atoms with van der Waals surface area (Å²) < 4.78 is 33.5. The van der Waals surface area contributed by atoms with Gasteiger partial charge in [0.1, 0.15) is 5.75 Å². The van der Waals surface area contributed by atoms with Crippen molar-refractivity contribution in [3.8, 4) is 5.75 Å². The molecule has 1 atom stereocenters. The van der Waals surface area contributed by atoms with Crippen LogP contribution in [0.15, 0.2) is 59.5 Å². The molecular weight excluding hydrogens is 378 g/mol. The van der Waals surface area contributed by atoms with Crippen molar-refractivity contribution in [2.45, 2.75) is 43.5 Å². The molecular formula is C21H29NO3S2. The maximum atomic E-state index is 13.4. The molecule has 2 rings (SSSR count). The summed E-state index contributed by atoms with van der Waals surface area (Å²) in [7, 11) is -2.04. The molecule has 0 aromatic heterocycles. The second-order valence-corrected chi connectivity index (χ2v) is 8.76. The van der Waals surface area contributed by atoms with Crippen LogP contribution in [0, 0.1) is 0 Å². The van der Waals surface area contributed by atoms with Crippen LogP contribution in [-0.4, -0.2) is 38.2 Å². The van der Waals surface area contributed by atoms with Crippen molar-refractivity contribution in [2.24, 2.45) is 0 Å². The van der Waals surface area contributed by atoms with E-state index in [9.17, 15) is 8.42 Å². The highest BCUT2D eigenvalue weighted by molar-refractivity contribution is 7.89. The number of hydrogen-bond donors (Lipinski definition) is 1. The Kier molecular flexibility index (Phi) is 8.67. The molecule has 27 heavy (non-hydrogen) atoms. The molecule has 0 saturated heterocycles. The lowest BCUT2D eigenvalue weighted by Gasteiger charge is -2.30. The Balaban J connectivity index is 2.30. The number of hydrogen-bond acceptors (Lipinski definition) is 4. The molecule has 0 bridgehead atoms. The summed E-state index contributed by atoms with van der Waals surface area (Å²) in [6.07, 6.45) is 3.49. The van der Waals surface area contributed by atoms with E-state index in [-0.39, 0.29) is 6.04 Å². The molecule has 4 nitrogen and oxygen atoms in total. The quantitative estimate of drug-likeness (QED) is 0.561. The monoisotopic (exact) mass is 407 g/mol. The molecule has 0 heterocycles. The molecule has 148 valence electrons. The van der Waals surface area contributed by atoms with E-state index < -0.39 is 10.0 Å². The van der Waals surface area contributed by atoms with E-state index in [4.69, 9.17) is 4.74 Å². The molecule has 0 amide bonds. The molecule has 0 aliphatic heterocycles. The molecule has 0 spiro atoms. The average molecular weight is 408 g/mol. The Hall–Kier alpha value is -1.50. The van der Waals surface area contributed by atoms with Crippen molar-refractivity contribution in [3.63, 3.8) is 0 Å². The van der Waals surface area contributed by atoms with Crippen molar-refractivity contribution >= 4 is 22.7 Å². The van der Waals surface area contributed by atoms with Gasteiger partial charge in [0.25, 0.3) is 0 Å². The van der Waals surface area contributed by atoms with Crippen molar-refractivity contribution in [3.05, 3.63) is 60.2 Å². The van der Waals surface area contributed by atoms with E-state index in [1.165, 1.54) is 0 Å². The van der Waals surface area contributed by atoms with Gasteiger partial charge in [0.2, 0.25) is 10.0 Å². The van der Waals surface area contributed by atoms with Gasteiger partial charge < -0.3 is 4.74 Å². The SMILES string of the molecule is CCCCC(CS)N(CCc1ccccc1)S(=O)(=O)c1ccc(OC)cc1. The first kappa shape index (κ1) is 21.8. The minimum atomic E-state index is -3.61. The minimum absolute atomic E-state index is 0.121. The van der Waals surface area contributed by atoms with Gasteiger partial charge in [-0.2, -0.15) is 16.9 Å². The second-order valence-electron chi connectivity index (χ2n) is 6.51. The maximum absolute atomic E-state index is 13.4. The highest BCUT2D eigenvalue weighted by atomic mass is 32.2. The summed E-state index contributed by atoms with van der Waals surface area (Å²) in [6, 6.07) is 16.4. The highest BCUT2D eigenvalue weighted by Gasteiger charge is 2.30. The largest absolute Gasteiger partial charge is 0.497 e. The number of nitrogens with zero attached hydrogens (tertiary/aromatic N) is 1. The number of ether oxygens (including phenoxy) is 1. The van der Waals surface area contributed by atoms with Crippen LogP contribution in [0.5, 0.6) is 5.75 Å². The molecule has 0 N–H and O–H groups in total. The van der Waals surface area contributed by atoms with Crippen LogP contribution < -0.4 is 4.74 Å². The van der Waals surface area contributed by atoms with Crippen LogP contribution in [0.3, 0.4) is 0 Å². The van der Waals surface area contributed by atoms with Crippen LogP contribution in [0.1, 0.15) is 31.7 Å². The lowest BCUT2D eigenvalue weighted by Crippen LogP contribution is -2.42. The Bertz CT molecular complexity index is 777. The molecule has 0 aliphatic rings. The summed E-state index contributed by atoms with van der Waals surface area (Å²) in [5, 5.41) is 0. The average Bonchev–Trinajstić information content (AvgIpc) is 2.71. The van der Waals surface area contributed by atoms with E-state index in [0.29, 0.717) is 29.4 Å². The first-order valence-corrected chi connectivity index (χ1v) is 11.4. The fourth-order valence-corrected chi connectivity index (χ4v) is 5.18. The van der Waals surface area contributed by atoms with Crippen molar-refractivity contribution in [2.75, 3.05) is 19.4 Å². The van der Waals surface area contributed by atoms with E-state index in [0.717, 1.165) is 24.8 Å². The van der Waals surface area contributed by atoms with Gasteiger partial charge >= 0.3 is 0 Å². The van der Waals surface area contributed by atoms with Gasteiger partial charge in [0, 0.05) is 18.3 Å². The summed E-state index contributed by atoms with van der Waals surface area (Å²) in [5.41, 5.74) is 1.13. The third-order valence-corrected chi connectivity index (χ3v) is 7.03. The Morgan fingerprint density at radius 2 is 1.74 bits per heavy atom. The first-order valence-electron chi connectivity index (χ1n) is 9.33. The topological polar surface area (TPSA) is 46.6 Å². The zero-order valence-corrected chi connectivity index (χ0v) is 17.8. The summed E-state index contributed by atoms with van der Waals surface area (Å²) >= 11 is 4.46. The van der Waals surface area contributed by atoms with Gasteiger partial charge in [0.05, 0.1) is 12.0 Å². The van der Waals surface area contributed by atoms with Crippen LogP contribution in [0.2, 0.25) is 0 Å². The molecule has 0 fully saturated rings. The lowest BCUT2D eigenvalue weighted by molar-refractivity contribution is 0.323. The molecule has 0 aliphatic carbocycles. The number of sulfonamides is 1. The van der Waals surface area contributed by atoms with E-state index in [1.54, 1.807) is 35.7 Å². The van der Waals surface area contributed by atoms with Gasteiger partial charge in [0.15, 0.2) is 0 Å². The van der Waals surface area contributed by atoms with Gasteiger partial charge in [-0.25, -0.2) is 8.42 Å². The maximum Gasteiger partial charge on any atom is 0.243 e. The van der Waals surface area contributed by atoms with Crippen LogP contribution >= 0.6 is 12.6 Å². The third kappa shape index (κ3) is 5.99. The van der Waals surface area contributed by atoms with E-state index in [2.05, 4.69) is 19.6 Å². The van der Waals surface area contributed by atoms with Gasteiger partial charge in [-0.15, -0.1) is 0 Å². The Morgan fingerprint density at radius 3 is 2.30 bits per heavy atom. The van der Waals surface area contributed by atoms with Gasteiger partial charge in [-0.3, -0.25) is 0 Å². The zero-order valence-electron chi connectivity index (χ0n) is 16.0. The first-order chi connectivity index (χ1) is 13.0. The number of unbranched alkanes of at least 4 members (excludes halogenated alkanes) is 1. The van der Waals surface area contributed by atoms with Crippen molar-refractivity contribution < 1.29 is 13.2 Å². The second kappa shape index (κ2) is 10.7. The minimum Gasteiger partial charge on any atom is -0.497 e. The smallest absolute Gasteiger partial charge is 0.243 e. The van der Waals surface area contributed by atoms with Crippen molar-refractivity contribution in [1.29, 1.82) is 0 Å². The highest BCUT2D eigenvalue weighted by Crippen LogP contribution is 2.24. The van der Waals surface area contributed by atoms with Crippen LogP contribution in [-0.2, 0) is 16.4 Å². The van der Waals surface area contributed by atoms with E-state index >= 15 is 0 Å². The lowest BCUT2D eigenvalue weighted by atomic mass is 10.1. The molecule has 2 aromatic carbocycles. The zero-order chi connectivity index (χ0) is 19.7. The predicted octanol–water partition coefficient (Wildman–Crippen LogP) is 4.42. The standard InChI is InChI=1S/C21H29NO3S2/c1-3-4-10-19(17-26)22(16-15-18-8-6-5-7-9-18)27(23,24)21-13-11-20(25-2)12-14-21/h5-9,11-14,19,26H,3-4,10,15-17H2,1-2H3. The Labute approximate surface area is 169 Å². The molecule has 0 saturated carbocycles. The molecule has 6 heteroatoms. The Morgan fingerprint density at radius 1 is 1.07 bits per heavy atom. The van der Waals surface area contributed by atoms with E-state index in [1.807, 2.05) is 30.3 Å².